The first-order valence-corrected chi connectivity index (χ1v) is 7.47. The zero-order valence-electron chi connectivity index (χ0n) is 13.9. The van der Waals surface area contributed by atoms with Crippen molar-refractivity contribution in [3.8, 4) is 17.6 Å². The summed E-state index contributed by atoms with van der Waals surface area (Å²) in [6.07, 6.45) is 0. The summed E-state index contributed by atoms with van der Waals surface area (Å²) in [5.74, 6) is 5.92. The number of hydrogen-bond donors (Lipinski definition) is 1. The van der Waals surface area contributed by atoms with Crippen LogP contribution in [-0.2, 0) is 10.2 Å². The Kier molecular flexibility index (Phi) is 5.08. The normalized spacial score (nSPS) is 10.4. The minimum atomic E-state index is -0.322. The molecule has 0 saturated carbocycles. The van der Waals surface area contributed by atoms with Gasteiger partial charge in [0.05, 0.1) is 7.11 Å². The molecule has 0 fully saturated rings. The average Bonchev–Trinajstić information content (AvgIpc) is 2.53. The van der Waals surface area contributed by atoms with E-state index in [1.807, 2.05) is 48.5 Å². The Labute approximate surface area is 137 Å². The van der Waals surface area contributed by atoms with Gasteiger partial charge >= 0.3 is 5.91 Å². The highest BCUT2D eigenvalue weighted by atomic mass is 16.5. The van der Waals surface area contributed by atoms with E-state index in [4.69, 9.17) is 4.74 Å². The number of carbonyl (C=O) groups is 1. The van der Waals surface area contributed by atoms with Gasteiger partial charge in [0.2, 0.25) is 0 Å². The van der Waals surface area contributed by atoms with Crippen LogP contribution >= 0.6 is 0 Å². The molecule has 2 rings (SSSR count). The summed E-state index contributed by atoms with van der Waals surface area (Å²) in [5.41, 5.74) is 2.60. The Bertz CT molecular complexity index is 744. The monoisotopic (exact) mass is 307 g/mol. The van der Waals surface area contributed by atoms with E-state index in [0.717, 1.165) is 22.6 Å². The first-order valence-electron chi connectivity index (χ1n) is 7.47. The maximum absolute atomic E-state index is 12.1. The lowest BCUT2D eigenvalue weighted by molar-refractivity contribution is -0.111. The van der Waals surface area contributed by atoms with Gasteiger partial charge in [0.25, 0.3) is 0 Å². The number of carbonyl (C=O) groups excluding carboxylic acids is 1. The van der Waals surface area contributed by atoms with Crippen LogP contribution in [0.2, 0.25) is 0 Å². The molecule has 0 radical (unpaired) electrons. The second-order valence-electron chi connectivity index (χ2n) is 6.23. The first kappa shape index (κ1) is 16.6. The number of methoxy groups -OCH3 is 1. The highest BCUT2D eigenvalue weighted by Gasteiger charge is 2.17. The van der Waals surface area contributed by atoms with Crippen molar-refractivity contribution in [2.45, 2.75) is 26.2 Å². The lowest BCUT2D eigenvalue weighted by Crippen LogP contribution is -2.17. The van der Waals surface area contributed by atoms with E-state index >= 15 is 0 Å². The van der Waals surface area contributed by atoms with E-state index in [1.165, 1.54) is 0 Å². The molecule has 3 nitrogen and oxygen atoms in total. The largest absolute Gasteiger partial charge is 0.497 e. The van der Waals surface area contributed by atoms with Crippen molar-refractivity contribution in [3.63, 3.8) is 0 Å². The van der Waals surface area contributed by atoms with E-state index in [0.29, 0.717) is 0 Å². The molecule has 118 valence electrons. The Morgan fingerprint density at radius 1 is 1.04 bits per heavy atom. The number of rotatable bonds is 2. The number of nitrogens with one attached hydrogen (secondary N) is 1. The highest BCUT2D eigenvalue weighted by molar-refractivity contribution is 6.04. The molecule has 23 heavy (non-hydrogen) atoms. The molecule has 0 bridgehead atoms. The summed E-state index contributed by atoms with van der Waals surface area (Å²) in [5, 5.41) is 2.87. The van der Waals surface area contributed by atoms with Gasteiger partial charge in [-0.2, -0.15) is 0 Å². The standard InChI is InChI=1S/C20H21NO2/c1-20(2,3)17-7-5-6-8-18(17)21-19(22)14-11-15-9-12-16(23-4)13-10-15/h5-10,12-13H,1-4H3,(H,21,22). The van der Waals surface area contributed by atoms with E-state index < -0.39 is 0 Å². The van der Waals surface area contributed by atoms with Crippen LogP contribution in [0.25, 0.3) is 0 Å². The van der Waals surface area contributed by atoms with E-state index in [2.05, 4.69) is 37.9 Å². The summed E-state index contributed by atoms with van der Waals surface area (Å²) in [6.45, 7) is 6.34. The molecule has 0 aliphatic heterocycles. The molecule has 0 saturated heterocycles. The number of benzene rings is 2. The van der Waals surface area contributed by atoms with Gasteiger partial charge in [-0.05, 0) is 41.3 Å². The molecule has 0 spiro atoms. The molecule has 0 atom stereocenters. The molecule has 1 N–H and O–H groups in total. The number of para-hydroxylation sites is 1. The van der Waals surface area contributed by atoms with Gasteiger partial charge in [-0.15, -0.1) is 0 Å². The van der Waals surface area contributed by atoms with Gasteiger partial charge in [-0.1, -0.05) is 44.9 Å². The summed E-state index contributed by atoms with van der Waals surface area (Å²) in [7, 11) is 1.61. The van der Waals surface area contributed by atoms with E-state index in [-0.39, 0.29) is 11.3 Å². The molecular formula is C20H21NO2. The molecule has 0 heterocycles. The van der Waals surface area contributed by atoms with Crippen molar-refractivity contribution < 1.29 is 9.53 Å². The minimum absolute atomic E-state index is 0.0483. The zero-order chi connectivity index (χ0) is 16.9. The molecule has 3 heteroatoms. The summed E-state index contributed by atoms with van der Waals surface area (Å²) < 4.78 is 5.09. The fourth-order valence-corrected chi connectivity index (χ4v) is 2.20. The summed E-state index contributed by atoms with van der Waals surface area (Å²) >= 11 is 0. The maximum Gasteiger partial charge on any atom is 0.300 e. The number of ether oxygens (including phenoxy) is 1. The lowest BCUT2D eigenvalue weighted by atomic mass is 9.86. The van der Waals surface area contributed by atoms with Crippen molar-refractivity contribution in [2.24, 2.45) is 0 Å². The van der Waals surface area contributed by atoms with Crippen LogP contribution in [-0.4, -0.2) is 13.0 Å². The van der Waals surface area contributed by atoms with E-state index in [9.17, 15) is 4.79 Å². The fourth-order valence-electron chi connectivity index (χ4n) is 2.20. The Balaban J connectivity index is 2.13. The molecule has 0 aliphatic carbocycles. The molecule has 1 amide bonds. The molecule has 0 aliphatic rings. The molecule has 0 unspecified atom stereocenters. The number of amides is 1. The van der Waals surface area contributed by atoms with Crippen molar-refractivity contribution >= 4 is 11.6 Å². The van der Waals surface area contributed by atoms with E-state index in [1.54, 1.807) is 7.11 Å². The third-order valence-corrected chi connectivity index (χ3v) is 3.39. The fraction of sp³-hybridized carbons (Fsp3) is 0.250. The topological polar surface area (TPSA) is 38.3 Å². The first-order chi connectivity index (χ1) is 10.9. The van der Waals surface area contributed by atoms with Gasteiger partial charge < -0.3 is 10.1 Å². The van der Waals surface area contributed by atoms with Crippen LogP contribution in [0.1, 0.15) is 31.9 Å². The van der Waals surface area contributed by atoms with Gasteiger partial charge in [0.1, 0.15) is 5.75 Å². The van der Waals surface area contributed by atoms with Crippen LogP contribution in [0.15, 0.2) is 48.5 Å². The van der Waals surface area contributed by atoms with Crippen LogP contribution in [0.5, 0.6) is 5.75 Å². The van der Waals surface area contributed by atoms with Gasteiger partial charge in [0.15, 0.2) is 0 Å². The smallest absolute Gasteiger partial charge is 0.300 e. The third-order valence-electron chi connectivity index (χ3n) is 3.39. The maximum atomic E-state index is 12.1. The third kappa shape index (κ3) is 4.62. The molecule has 2 aromatic rings. The van der Waals surface area contributed by atoms with Gasteiger partial charge in [-0.25, -0.2) is 0 Å². The van der Waals surface area contributed by atoms with Gasteiger partial charge in [0, 0.05) is 17.2 Å². The van der Waals surface area contributed by atoms with Crippen molar-refractivity contribution in [2.75, 3.05) is 12.4 Å². The Morgan fingerprint density at radius 2 is 1.70 bits per heavy atom. The van der Waals surface area contributed by atoms with Crippen molar-refractivity contribution in [1.29, 1.82) is 0 Å². The predicted molar refractivity (Wildman–Crippen MR) is 93.6 cm³/mol. The van der Waals surface area contributed by atoms with Gasteiger partial charge in [-0.3, -0.25) is 4.79 Å². The molecule has 2 aromatic carbocycles. The molecular weight excluding hydrogens is 286 g/mol. The minimum Gasteiger partial charge on any atom is -0.497 e. The Morgan fingerprint density at radius 3 is 2.30 bits per heavy atom. The summed E-state index contributed by atoms with van der Waals surface area (Å²) in [6, 6.07) is 15.1. The van der Waals surface area contributed by atoms with Crippen LogP contribution in [0.4, 0.5) is 5.69 Å². The summed E-state index contributed by atoms with van der Waals surface area (Å²) in [4.78, 5) is 12.1. The highest BCUT2D eigenvalue weighted by Crippen LogP contribution is 2.29. The predicted octanol–water partition coefficient (Wildman–Crippen LogP) is 3.98. The lowest BCUT2D eigenvalue weighted by Gasteiger charge is -2.22. The van der Waals surface area contributed by atoms with Crippen LogP contribution in [0, 0.1) is 11.8 Å². The zero-order valence-corrected chi connectivity index (χ0v) is 13.9. The van der Waals surface area contributed by atoms with Crippen LogP contribution < -0.4 is 10.1 Å². The quantitative estimate of drug-likeness (QED) is 0.852. The second-order valence-corrected chi connectivity index (χ2v) is 6.23. The van der Waals surface area contributed by atoms with Crippen molar-refractivity contribution in [3.05, 3.63) is 59.7 Å². The van der Waals surface area contributed by atoms with Crippen LogP contribution in [0.3, 0.4) is 0 Å². The number of hydrogen-bond acceptors (Lipinski definition) is 2. The van der Waals surface area contributed by atoms with Crippen molar-refractivity contribution in [1.82, 2.24) is 0 Å². The Hall–Kier alpha value is -2.73. The second kappa shape index (κ2) is 7.02. The number of anilines is 1. The SMILES string of the molecule is COc1ccc(C#CC(=O)Nc2ccccc2C(C)(C)C)cc1. The molecule has 0 aromatic heterocycles. The average molecular weight is 307 g/mol.